The van der Waals surface area contributed by atoms with Crippen molar-refractivity contribution in [2.24, 2.45) is 11.8 Å². The van der Waals surface area contributed by atoms with Crippen LogP contribution in [-0.2, 0) is 28.5 Å². The van der Waals surface area contributed by atoms with Crippen molar-refractivity contribution in [3.8, 4) is 0 Å². The molecule has 0 aliphatic rings. The highest BCUT2D eigenvalue weighted by Crippen LogP contribution is 2.21. The largest absolute Gasteiger partial charge is 0.465 e. The molecule has 450 valence electrons. The number of unbranched alkanes of at least 4 members (excludes halogenated alkanes) is 22. The molecule has 0 fully saturated rings. The third-order valence-corrected chi connectivity index (χ3v) is 15.4. The maximum atomic E-state index is 13.7. The Labute approximate surface area is 470 Å². The van der Waals surface area contributed by atoms with E-state index in [1.165, 1.54) is 128 Å². The first-order valence-corrected chi connectivity index (χ1v) is 32.7. The summed E-state index contributed by atoms with van der Waals surface area (Å²) in [6.45, 7) is 26.6. The fourth-order valence-corrected chi connectivity index (χ4v) is 10.0. The van der Waals surface area contributed by atoms with Crippen molar-refractivity contribution in [3.05, 3.63) is 0 Å². The molecule has 0 bridgehead atoms. The molecule has 0 aromatic carbocycles. The molecule has 0 radical (unpaired) electrons. The summed E-state index contributed by atoms with van der Waals surface area (Å²) in [5, 5.41) is 0. The second-order valence-electron chi connectivity index (χ2n) is 22.3. The second kappa shape index (κ2) is 55.7. The smallest absolute Gasteiger partial charge is 0.409 e. The van der Waals surface area contributed by atoms with Crippen molar-refractivity contribution >= 4 is 24.1 Å². The summed E-state index contributed by atoms with van der Waals surface area (Å²) in [5.74, 6) is 0.738. The van der Waals surface area contributed by atoms with Crippen LogP contribution in [0.15, 0.2) is 0 Å². The van der Waals surface area contributed by atoms with Crippen molar-refractivity contribution in [1.29, 1.82) is 0 Å². The maximum absolute atomic E-state index is 13.7. The van der Waals surface area contributed by atoms with Crippen molar-refractivity contribution in [1.82, 2.24) is 19.6 Å². The SMILES string of the molecule is CCCCCCCCN(CCCCCC(=O)OCC(CCCCC)CCCCC)C(=O)OCCN(CCOC(=O)N(CCCCCCCC)CCCCCC(=O)OCC(CCCCC)CCCCC)CCN(CC)CC. The third-order valence-electron chi connectivity index (χ3n) is 15.4. The van der Waals surface area contributed by atoms with Crippen LogP contribution < -0.4 is 0 Å². The second-order valence-corrected chi connectivity index (χ2v) is 22.3. The predicted molar refractivity (Wildman–Crippen MR) is 319 cm³/mol. The van der Waals surface area contributed by atoms with Crippen LogP contribution in [0.2, 0.25) is 0 Å². The monoisotopic (exact) mass is 1080 g/mol. The minimum atomic E-state index is -0.272. The van der Waals surface area contributed by atoms with Gasteiger partial charge in [-0.05, 0) is 89.1 Å². The number of hydrogen-bond donors (Lipinski definition) is 0. The molecule has 2 amide bonds. The molecule has 0 N–H and O–H groups in total. The van der Waals surface area contributed by atoms with Gasteiger partial charge >= 0.3 is 24.1 Å². The van der Waals surface area contributed by atoms with Gasteiger partial charge in [-0.1, -0.05) is 209 Å². The first kappa shape index (κ1) is 73.4. The van der Waals surface area contributed by atoms with E-state index in [0.29, 0.717) is 77.2 Å². The van der Waals surface area contributed by atoms with Crippen LogP contribution in [0.5, 0.6) is 0 Å². The van der Waals surface area contributed by atoms with Crippen molar-refractivity contribution in [2.45, 2.75) is 287 Å². The summed E-state index contributed by atoms with van der Waals surface area (Å²) in [6.07, 6.45) is 38.1. The van der Waals surface area contributed by atoms with Crippen molar-refractivity contribution in [2.75, 3.05) is 91.9 Å². The van der Waals surface area contributed by atoms with E-state index in [1.807, 2.05) is 9.80 Å². The Bertz CT molecular complexity index is 1200. The number of nitrogens with zero attached hydrogens (tertiary/aromatic N) is 4. The van der Waals surface area contributed by atoms with Crippen LogP contribution in [0.25, 0.3) is 0 Å². The molecule has 0 saturated heterocycles. The van der Waals surface area contributed by atoms with Crippen molar-refractivity contribution in [3.63, 3.8) is 0 Å². The van der Waals surface area contributed by atoms with Crippen LogP contribution in [0.3, 0.4) is 0 Å². The number of carbonyl (C=O) groups is 4. The molecular formula is C64H126N4O8. The zero-order valence-electron chi connectivity index (χ0n) is 51.6. The van der Waals surface area contributed by atoms with Crippen LogP contribution in [0.1, 0.15) is 287 Å². The minimum Gasteiger partial charge on any atom is -0.465 e. The Morgan fingerprint density at radius 1 is 0.303 bits per heavy atom. The number of hydrogen-bond acceptors (Lipinski definition) is 10. The van der Waals surface area contributed by atoms with Crippen LogP contribution in [0, 0.1) is 11.8 Å². The average Bonchev–Trinajstić information content (AvgIpc) is 3.41. The van der Waals surface area contributed by atoms with Gasteiger partial charge < -0.3 is 33.6 Å². The van der Waals surface area contributed by atoms with E-state index in [4.69, 9.17) is 18.9 Å². The lowest BCUT2D eigenvalue weighted by atomic mass is 9.96. The lowest BCUT2D eigenvalue weighted by Crippen LogP contribution is -2.41. The third kappa shape index (κ3) is 45.3. The first-order valence-electron chi connectivity index (χ1n) is 32.7. The van der Waals surface area contributed by atoms with Gasteiger partial charge in [0.25, 0.3) is 0 Å². The van der Waals surface area contributed by atoms with E-state index in [1.54, 1.807) is 0 Å². The molecule has 12 nitrogen and oxygen atoms in total. The van der Waals surface area contributed by atoms with Gasteiger partial charge in [0.2, 0.25) is 0 Å². The highest BCUT2D eigenvalue weighted by atomic mass is 16.6. The van der Waals surface area contributed by atoms with Gasteiger partial charge in [0.05, 0.1) is 13.2 Å². The molecular weight excluding hydrogens is 953 g/mol. The van der Waals surface area contributed by atoms with E-state index < -0.39 is 0 Å². The molecule has 12 heteroatoms. The van der Waals surface area contributed by atoms with Crippen LogP contribution >= 0.6 is 0 Å². The Morgan fingerprint density at radius 2 is 0.592 bits per heavy atom. The molecule has 76 heavy (non-hydrogen) atoms. The van der Waals surface area contributed by atoms with Gasteiger partial charge in [-0.25, -0.2) is 9.59 Å². The Balaban J connectivity index is 5.42. The van der Waals surface area contributed by atoms with E-state index in [-0.39, 0.29) is 37.3 Å². The van der Waals surface area contributed by atoms with Gasteiger partial charge in [0.1, 0.15) is 13.2 Å². The van der Waals surface area contributed by atoms with Gasteiger partial charge in [-0.2, -0.15) is 0 Å². The summed E-state index contributed by atoms with van der Waals surface area (Å²) >= 11 is 0. The van der Waals surface area contributed by atoms with E-state index in [0.717, 1.165) is 116 Å². The highest BCUT2D eigenvalue weighted by Gasteiger charge is 2.20. The van der Waals surface area contributed by atoms with Gasteiger partial charge in [0.15, 0.2) is 0 Å². The topological polar surface area (TPSA) is 118 Å². The standard InChI is InChI=1S/C64H126N4O8/c1-9-17-23-25-27-37-47-67(49-39-29-35-45-61(69)75-57-59(41-31-19-11-3)42-32-20-12-4)63(71)73-55-53-66(52-51-65(15-7)16-8)54-56-74-64(72)68(48-38-28-26-24-18-10-2)50-40-30-36-46-62(70)76-58-60(43-33-21-13-5)44-34-22-14-6/h59-60H,9-58H2,1-8H3. The number of esters is 2. The van der Waals surface area contributed by atoms with Crippen molar-refractivity contribution < 1.29 is 38.1 Å². The molecule has 0 aromatic rings. The summed E-state index contributed by atoms with van der Waals surface area (Å²) in [7, 11) is 0. The van der Waals surface area contributed by atoms with E-state index >= 15 is 0 Å². The first-order chi connectivity index (χ1) is 37.1. The Morgan fingerprint density at radius 3 is 0.921 bits per heavy atom. The molecule has 0 unspecified atom stereocenters. The molecule has 0 aromatic heterocycles. The maximum Gasteiger partial charge on any atom is 0.409 e. The zero-order valence-corrected chi connectivity index (χ0v) is 51.6. The number of likely N-dealkylation sites (N-methyl/N-ethyl adjacent to an activating group) is 1. The van der Waals surface area contributed by atoms with Crippen LogP contribution in [-0.4, -0.2) is 136 Å². The number of rotatable bonds is 57. The van der Waals surface area contributed by atoms with Gasteiger partial charge in [0, 0.05) is 65.2 Å². The average molecular weight is 1080 g/mol. The molecule has 0 spiro atoms. The quantitative estimate of drug-likeness (QED) is 0.0331. The highest BCUT2D eigenvalue weighted by molar-refractivity contribution is 5.70. The zero-order chi connectivity index (χ0) is 56.0. The summed E-state index contributed by atoms with van der Waals surface area (Å²) in [5.41, 5.74) is 0. The van der Waals surface area contributed by atoms with Gasteiger partial charge in [-0.15, -0.1) is 0 Å². The number of amides is 2. The van der Waals surface area contributed by atoms with E-state index in [2.05, 4.69) is 65.2 Å². The molecule has 0 atom stereocenters. The predicted octanol–water partition coefficient (Wildman–Crippen LogP) is 17.0. The number of ether oxygens (including phenoxy) is 4. The summed E-state index contributed by atoms with van der Waals surface area (Å²) in [6, 6.07) is 0. The van der Waals surface area contributed by atoms with Gasteiger partial charge in [-0.3, -0.25) is 14.5 Å². The number of carbonyl (C=O) groups excluding carboxylic acids is 4. The molecule has 0 rings (SSSR count). The Kier molecular flexibility index (Phi) is 53.8. The minimum absolute atomic E-state index is 0.0957. The summed E-state index contributed by atoms with van der Waals surface area (Å²) < 4.78 is 23.6. The molecule has 0 aliphatic carbocycles. The molecule has 0 saturated carbocycles. The Hall–Kier alpha value is -2.60. The van der Waals surface area contributed by atoms with Crippen LogP contribution in [0.4, 0.5) is 9.59 Å². The van der Waals surface area contributed by atoms with E-state index in [9.17, 15) is 19.2 Å². The molecule has 0 heterocycles. The normalized spacial score (nSPS) is 11.6. The molecule has 0 aliphatic heterocycles. The summed E-state index contributed by atoms with van der Waals surface area (Å²) in [4.78, 5) is 61.3. The fraction of sp³-hybridized carbons (Fsp3) is 0.938. The fourth-order valence-electron chi connectivity index (χ4n) is 10.0. The lowest BCUT2D eigenvalue weighted by Gasteiger charge is -2.28. The lowest BCUT2D eigenvalue weighted by molar-refractivity contribution is -0.146.